The van der Waals surface area contributed by atoms with Crippen LogP contribution < -0.4 is 0 Å². The van der Waals surface area contributed by atoms with Gasteiger partial charge in [0.2, 0.25) is 0 Å². The van der Waals surface area contributed by atoms with Crippen molar-refractivity contribution in [3.8, 4) is 0 Å². The fourth-order valence-electron chi connectivity index (χ4n) is 1.81. The summed E-state index contributed by atoms with van der Waals surface area (Å²) < 4.78 is 1.99. The van der Waals surface area contributed by atoms with Crippen LogP contribution in [0.5, 0.6) is 0 Å². The molecule has 0 radical (unpaired) electrons. The monoisotopic (exact) mass is 238 g/mol. The highest BCUT2D eigenvalue weighted by Gasteiger charge is 2.38. The van der Waals surface area contributed by atoms with E-state index in [-0.39, 0.29) is 0 Å². The maximum atomic E-state index is 10.3. The number of aromatic nitrogens is 2. The van der Waals surface area contributed by atoms with Crippen molar-refractivity contribution in [3.63, 3.8) is 0 Å². The lowest BCUT2D eigenvalue weighted by molar-refractivity contribution is -0.118. The van der Waals surface area contributed by atoms with Gasteiger partial charge in [0.1, 0.15) is 0 Å². The van der Waals surface area contributed by atoms with E-state index >= 15 is 0 Å². The summed E-state index contributed by atoms with van der Waals surface area (Å²) in [7, 11) is 0. The van der Waals surface area contributed by atoms with Crippen LogP contribution in [-0.4, -0.2) is 31.2 Å². The highest BCUT2D eigenvalue weighted by Crippen LogP contribution is 2.35. The van der Waals surface area contributed by atoms with Crippen LogP contribution in [0.4, 0.5) is 0 Å². The molecule has 1 aromatic rings. The van der Waals surface area contributed by atoms with Crippen LogP contribution in [0.3, 0.4) is 0 Å². The predicted octanol–water partition coefficient (Wildman–Crippen LogP) is 1.59. The van der Waals surface area contributed by atoms with Crippen LogP contribution in [0.2, 0.25) is 0 Å². The molecule has 2 N–H and O–H groups in total. The van der Waals surface area contributed by atoms with E-state index < -0.39 is 11.2 Å². The Kier molecular flexibility index (Phi) is 2.83. The molecular weight excluding hydrogens is 216 g/mol. The zero-order valence-corrected chi connectivity index (χ0v) is 11.1. The van der Waals surface area contributed by atoms with Gasteiger partial charge in [-0.05, 0) is 46.1 Å². The summed E-state index contributed by atoms with van der Waals surface area (Å²) in [6, 6.07) is 0.550. The number of aryl methyl sites for hydroxylation is 1. The fraction of sp³-hybridized carbons (Fsp3) is 0.769. The topological polar surface area (TPSA) is 58.3 Å². The molecule has 0 spiro atoms. The predicted molar refractivity (Wildman–Crippen MR) is 65.9 cm³/mol. The second-order valence-electron chi connectivity index (χ2n) is 5.96. The molecule has 1 fully saturated rings. The van der Waals surface area contributed by atoms with Crippen molar-refractivity contribution in [2.45, 2.75) is 64.2 Å². The quantitative estimate of drug-likeness (QED) is 0.837. The third-order valence-corrected chi connectivity index (χ3v) is 3.79. The molecule has 0 amide bonds. The van der Waals surface area contributed by atoms with Crippen LogP contribution in [0, 0.1) is 6.92 Å². The Labute approximate surface area is 102 Å². The van der Waals surface area contributed by atoms with Crippen molar-refractivity contribution in [2.24, 2.45) is 0 Å². The molecule has 0 aliphatic heterocycles. The third-order valence-electron chi connectivity index (χ3n) is 3.79. The molecule has 1 heterocycles. The molecule has 0 bridgehead atoms. The van der Waals surface area contributed by atoms with E-state index in [1.165, 1.54) is 12.8 Å². The first-order chi connectivity index (χ1) is 7.71. The van der Waals surface area contributed by atoms with E-state index in [1.54, 1.807) is 20.8 Å². The lowest BCUT2D eigenvalue weighted by atomic mass is 9.82. The van der Waals surface area contributed by atoms with Gasteiger partial charge in [0.25, 0.3) is 0 Å². The van der Waals surface area contributed by atoms with Gasteiger partial charge in [-0.15, -0.1) is 0 Å². The third kappa shape index (κ3) is 2.53. The van der Waals surface area contributed by atoms with Gasteiger partial charge >= 0.3 is 0 Å². The summed E-state index contributed by atoms with van der Waals surface area (Å²) in [5, 5.41) is 24.7. The second kappa shape index (κ2) is 3.82. The van der Waals surface area contributed by atoms with Gasteiger partial charge in [-0.3, -0.25) is 4.68 Å². The van der Waals surface area contributed by atoms with Crippen molar-refractivity contribution >= 4 is 0 Å². The van der Waals surface area contributed by atoms with Crippen LogP contribution in [0.1, 0.15) is 50.9 Å². The maximum absolute atomic E-state index is 10.3. The molecule has 2 rings (SSSR count). The van der Waals surface area contributed by atoms with Crippen molar-refractivity contribution in [1.29, 1.82) is 0 Å². The molecule has 17 heavy (non-hydrogen) atoms. The zero-order valence-electron chi connectivity index (χ0n) is 11.1. The van der Waals surface area contributed by atoms with Crippen LogP contribution in [0.15, 0.2) is 6.20 Å². The average molecular weight is 238 g/mol. The molecule has 1 aromatic heterocycles. The largest absolute Gasteiger partial charge is 0.387 e. The number of nitrogens with zero attached hydrogens (tertiary/aromatic N) is 2. The summed E-state index contributed by atoms with van der Waals surface area (Å²) in [6.45, 7) is 6.89. The number of hydrogen-bond donors (Lipinski definition) is 2. The summed E-state index contributed by atoms with van der Waals surface area (Å²) in [4.78, 5) is 0. The van der Waals surface area contributed by atoms with Crippen molar-refractivity contribution in [3.05, 3.63) is 17.5 Å². The SMILES string of the molecule is Cc1nn(C2CC2)cc1CC(C)(O)C(C)(C)O. The highest BCUT2D eigenvalue weighted by molar-refractivity contribution is 5.20. The molecular formula is C13H22N2O2. The van der Waals surface area contributed by atoms with Gasteiger partial charge in [0.05, 0.1) is 22.9 Å². The second-order valence-corrected chi connectivity index (χ2v) is 5.96. The summed E-state index contributed by atoms with van der Waals surface area (Å²) in [5.41, 5.74) is -0.304. The van der Waals surface area contributed by atoms with Crippen LogP contribution in [0.25, 0.3) is 0 Å². The minimum Gasteiger partial charge on any atom is -0.387 e. The van der Waals surface area contributed by atoms with Gasteiger partial charge in [-0.2, -0.15) is 5.10 Å². The molecule has 0 aromatic carbocycles. The van der Waals surface area contributed by atoms with Crippen LogP contribution >= 0.6 is 0 Å². The Hall–Kier alpha value is -0.870. The van der Waals surface area contributed by atoms with E-state index in [4.69, 9.17) is 0 Å². The number of aliphatic hydroxyl groups is 2. The van der Waals surface area contributed by atoms with E-state index in [0.29, 0.717) is 12.5 Å². The van der Waals surface area contributed by atoms with Gasteiger partial charge in [0.15, 0.2) is 0 Å². The minimum absolute atomic E-state index is 0.426. The molecule has 96 valence electrons. The molecule has 1 unspecified atom stereocenters. The normalized spacial score (nSPS) is 20.4. The Morgan fingerprint density at radius 1 is 1.35 bits per heavy atom. The minimum atomic E-state index is -1.14. The molecule has 1 aliphatic rings. The first-order valence-electron chi connectivity index (χ1n) is 6.20. The Bertz CT molecular complexity index is 412. The zero-order chi connectivity index (χ0) is 12.8. The number of hydrogen-bond acceptors (Lipinski definition) is 3. The van der Waals surface area contributed by atoms with Gasteiger partial charge in [-0.1, -0.05) is 0 Å². The fourth-order valence-corrected chi connectivity index (χ4v) is 1.81. The summed E-state index contributed by atoms with van der Waals surface area (Å²) in [5.74, 6) is 0. The lowest BCUT2D eigenvalue weighted by Gasteiger charge is -2.35. The standard InChI is InChI=1S/C13H22N2O2/c1-9-10(7-13(4,17)12(2,3)16)8-15(14-9)11-5-6-11/h8,11,16-17H,5-7H2,1-4H3. The molecule has 0 saturated heterocycles. The molecule has 1 saturated carbocycles. The molecule has 1 aliphatic carbocycles. The van der Waals surface area contributed by atoms with Crippen molar-refractivity contribution in [1.82, 2.24) is 9.78 Å². The van der Waals surface area contributed by atoms with Crippen molar-refractivity contribution in [2.75, 3.05) is 0 Å². The Morgan fingerprint density at radius 2 is 1.94 bits per heavy atom. The maximum Gasteiger partial charge on any atom is 0.0941 e. The van der Waals surface area contributed by atoms with E-state index in [0.717, 1.165) is 11.3 Å². The Morgan fingerprint density at radius 3 is 2.41 bits per heavy atom. The van der Waals surface area contributed by atoms with Gasteiger partial charge < -0.3 is 10.2 Å². The van der Waals surface area contributed by atoms with Gasteiger partial charge in [-0.25, -0.2) is 0 Å². The Balaban J connectivity index is 2.18. The smallest absolute Gasteiger partial charge is 0.0941 e. The first kappa shape index (κ1) is 12.6. The number of rotatable bonds is 4. The van der Waals surface area contributed by atoms with Crippen LogP contribution in [-0.2, 0) is 6.42 Å². The summed E-state index contributed by atoms with van der Waals surface area (Å²) >= 11 is 0. The first-order valence-corrected chi connectivity index (χ1v) is 6.20. The highest BCUT2D eigenvalue weighted by atomic mass is 16.3. The molecule has 4 nitrogen and oxygen atoms in total. The van der Waals surface area contributed by atoms with Gasteiger partial charge in [0, 0.05) is 12.6 Å². The van der Waals surface area contributed by atoms with Crippen molar-refractivity contribution < 1.29 is 10.2 Å². The summed E-state index contributed by atoms with van der Waals surface area (Å²) in [6.07, 6.45) is 4.83. The van der Waals surface area contributed by atoms with E-state index in [9.17, 15) is 10.2 Å². The lowest BCUT2D eigenvalue weighted by Crippen LogP contribution is -2.49. The molecule has 4 heteroatoms. The molecule has 1 atom stereocenters. The van der Waals surface area contributed by atoms with E-state index in [2.05, 4.69) is 5.10 Å². The average Bonchev–Trinajstić information content (AvgIpc) is 2.92. The van der Waals surface area contributed by atoms with E-state index in [1.807, 2.05) is 17.8 Å².